The highest BCUT2D eigenvalue weighted by Gasteiger charge is 2.25. The van der Waals surface area contributed by atoms with Gasteiger partial charge in [0.2, 0.25) is 0 Å². The van der Waals surface area contributed by atoms with E-state index in [0.29, 0.717) is 12.1 Å². The third kappa shape index (κ3) is 4.89. The van der Waals surface area contributed by atoms with E-state index in [9.17, 15) is 0 Å². The van der Waals surface area contributed by atoms with Gasteiger partial charge in [0.15, 0.2) is 0 Å². The summed E-state index contributed by atoms with van der Waals surface area (Å²) in [5.41, 5.74) is 0. The van der Waals surface area contributed by atoms with Gasteiger partial charge in [0.1, 0.15) is 0 Å². The molecule has 0 bridgehead atoms. The summed E-state index contributed by atoms with van der Waals surface area (Å²) in [5, 5.41) is 3.70. The van der Waals surface area contributed by atoms with Gasteiger partial charge in [0.05, 0.1) is 0 Å². The first-order valence-corrected chi connectivity index (χ1v) is 8.16. The predicted molar refractivity (Wildman–Crippen MR) is 81.0 cm³/mol. The number of hydrogen-bond donors (Lipinski definition) is 1. The first kappa shape index (κ1) is 16.0. The van der Waals surface area contributed by atoms with E-state index in [0.717, 1.165) is 12.5 Å². The van der Waals surface area contributed by atoms with Crippen molar-refractivity contribution in [3.63, 3.8) is 0 Å². The van der Waals surface area contributed by atoms with Crippen molar-refractivity contribution >= 4 is 0 Å². The third-order valence-corrected chi connectivity index (χ3v) is 4.54. The fourth-order valence-electron chi connectivity index (χ4n) is 3.64. The van der Waals surface area contributed by atoms with E-state index in [2.05, 4.69) is 38.0 Å². The van der Waals surface area contributed by atoms with Gasteiger partial charge < -0.3 is 10.2 Å². The average molecular weight is 254 g/mol. The molecule has 0 aromatic rings. The summed E-state index contributed by atoms with van der Waals surface area (Å²) in [7, 11) is 2.34. The summed E-state index contributed by atoms with van der Waals surface area (Å²) in [6.07, 6.45) is 9.69. The standard InChI is InChI=1S/C16H34N2/c1-5-10-15(17-7-3)16(6-2)18(4)13-14-11-8-9-12-14/h14-17H,5-13H2,1-4H3. The highest BCUT2D eigenvalue weighted by molar-refractivity contribution is 4.83. The molecule has 2 heteroatoms. The van der Waals surface area contributed by atoms with Crippen LogP contribution in [0.1, 0.15) is 65.7 Å². The number of likely N-dealkylation sites (N-methyl/N-ethyl adjacent to an activating group) is 2. The molecule has 0 saturated heterocycles. The minimum absolute atomic E-state index is 0.677. The number of nitrogens with zero attached hydrogens (tertiary/aromatic N) is 1. The summed E-state index contributed by atoms with van der Waals surface area (Å²) in [4.78, 5) is 2.64. The van der Waals surface area contributed by atoms with Crippen molar-refractivity contribution in [3.8, 4) is 0 Å². The van der Waals surface area contributed by atoms with Crippen molar-refractivity contribution in [2.24, 2.45) is 5.92 Å². The maximum Gasteiger partial charge on any atom is 0.0243 e. The number of rotatable bonds is 9. The molecular formula is C16H34N2. The summed E-state index contributed by atoms with van der Waals surface area (Å²) in [6, 6.07) is 1.39. The molecule has 1 aliphatic rings. The summed E-state index contributed by atoms with van der Waals surface area (Å²) in [6.45, 7) is 9.28. The van der Waals surface area contributed by atoms with Crippen LogP contribution in [0.4, 0.5) is 0 Å². The van der Waals surface area contributed by atoms with Crippen LogP contribution in [0.2, 0.25) is 0 Å². The van der Waals surface area contributed by atoms with Gasteiger partial charge in [-0.15, -0.1) is 0 Å². The Morgan fingerprint density at radius 2 is 1.83 bits per heavy atom. The minimum Gasteiger partial charge on any atom is -0.313 e. The summed E-state index contributed by atoms with van der Waals surface area (Å²) < 4.78 is 0. The van der Waals surface area contributed by atoms with Crippen LogP contribution in [0.3, 0.4) is 0 Å². The quantitative estimate of drug-likeness (QED) is 0.675. The van der Waals surface area contributed by atoms with E-state index < -0.39 is 0 Å². The molecule has 18 heavy (non-hydrogen) atoms. The first-order valence-electron chi connectivity index (χ1n) is 8.16. The molecule has 108 valence electrons. The zero-order valence-electron chi connectivity index (χ0n) is 13.0. The lowest BCUT2D eigenvalue weighted by Crippen LogP contribution is -2.49. The van der Waals surface area contributed by atoms with Crippen LogP contribution in [0.5, 0.6) is 0 Å². The van der Waals surface area contributed by atoms with E-state index in [1.54, 1.807) is 0 Å². The molecule has 2 unspecified atom stereocenters. The van der Waals surface area contributed by atoms with E-state index in [4.69, 9.17) is 0 Å². The van der Waals surface area contributed by atoms with Gasteiger partial charge in [-0.3, -0.25) is 0 Å². The molecule has 1 N–H and O–H groups in total. The molecule has 2 nitrogen and oxygen atoms in total. The number of hydrogen-bond acceptors (Lipinski definition) is 2. The van der Waals surface area contributed by atoms with Crippen LogP contribution >= 0.6 is 0 Å². The summed E-state index contributed by atoms with van der Waals surface area (Å²) >= 11 is 0. The molecule has 0 aliphatic heterocycles. The maximum atomic E-state index is 3.70. The van der Waals surface area contributed by atoms with Gasteiger partial charge in [-0.05, 0) is 45.2 Å². The number of nitrogens with one attached hydrogen (secondary N) is 1. The Morgan fingerprint density at radius 1 is 1.17 bits per heavy atom. The van der Waals surface area contributed by atoms with Gasteiger partial charge >= 0.3 is 0 Å². The molecule has 1 aliphatic carbocycles. The van der Waals surface area contributed by atoms with E-state index >= 15 is 0 Å². The normalized spacial score (nSPS) is 20.5. The largest absolute Gasteiger partial charge is 0.313 e. The first-order chi connectivity index (χ1) is 8.72. The lowest BCUT2D eigenvalue weighted by Gasteiger charge is -2.36. The highest BCUT2D eigenvalue weighted by Crippen LogP contribution is 2.26. The predicted octanol–water partition coefficient (Wildman–Crippen LogP) is 3.67. The van der Waals surface area contributed by atoms with Crippen LogP contribution in [-0.2, 0) is 0 Å². The molecule has 0 heterocycles. The Balaban J connectivity index is 2.48. The van der Waals surface area contributed by atoms with Crippen LogP contribution in [0, 0.1) is 5.92 Å². The molecule has 0 radical (unpaired) electrons. The van der Waals surface area contributed by atoms with E-state index in [1.165, 1.54) is 51.5 Å². The zero-order chi connectivity index (χ0) is 13.4. The monoisotopic (exact) mass is 254 g/mol. The zero-order valence-corrected chi connectivity index (χ0v) is 13.0. The molecular weight excluding hydrogens is 220 g/mol. The van der Waals surface area contributed by atoms with E-state index in [-0.39, 0.29) is 0 Å². The van der Waals surface area contributed by atoms with Crippen molar-refractivity contribution < 1.29 is 0 Å². The second-order valence-electron chi connectivity index (χ2n) is 6.02. The second kappa shape index (κ2) is 8.92. The summed E-state index contributed by atoms with van der Waals surface area (Å²) in [5.74, 6) is 0.966. The van der Waals surface area contributed by atoms with Crippen LogP contribution in [0.25, 0.3) is 0 Å². The van der Waals surface area contributed by atoms with Gasteiger partial charge in [0.25, 0.3) is 0 Å². The fraction of sp³-hybridized carbons (Fsp3) is 1.00. The highest BCUT2D eigenvalue weighted by atomic mass is 15.2. The average Bonchev–Trinajstić information content (AvgIpc) is 2.83. The SMILES string of the molecule is CCCC(NCC)C(CC)N(C)CC1CCCC1. The molecule has 2 atom stereocenters. The van der Waals surface area contributed by atoms with Crippen molar-refractivity contribution in [2.45, 2.75) is 77.8 Å². The van der Waals surface area contributed by atoms with Crippen molar-refractivity contribution in [1.82, 2.24) is 10.2 Å². The molecule has 1 rings (SSSR count). The van der Waals surface area contributed by atoms with Crippen LogP contribution in [-0.4, -0.2) is 37.1 Å². The molecule has 1 fully saturated rings. The van der Waals surface area contributed by atoms with Gasteiger partial charge in [-0.1, -0.05) is 40.0 Å². The Morgan fingerprint density at radius 3 is 2.33 bits per heavy atom. The topological polar surface area (TPSA) is 15.3 Å². The lowest BCUT2D eigenvalue weighted by molar-refractivity contribution is 0.157. The van der Waals surface area contributed by atoms with Crippen molar-refractivity contribution in [1.29, 1.82) is 0 Å². The Hall–Kier alpha value is -0.0800. The molecule has 0 amide bonds. The smallest absolute Gasteiger partial charge is 0.0243 e. The van der Waals surface area contributed by atoms with Gasteiger partial charge in [-0.25, -0.2) is 0 Å². The maximum absolute atomic E-state index is 3.70. The second-order valence-corrected chi connectivity index (χ2v) is 6.02. The van der Waals surface area contributed by atoms with Crippen molar-refractivity contribution in [3.05, 3.63) is 0 Å². The van der Waals surface area contributed by atoms with Gasteiger partial charge in [0, 0.05) is 18.6 Å². The molecule has 1 saturated carbocycles. The van der Waals surface area contributed by atoms with Crippen LogP contribution < -0.4 is 5.32 Å². The minimum atomic E-state index is 0.677. The molecule has 0 aromatic heterocycles. The van der Waals surface area contributed by atoms with Crippen molar-refractivity contribution in [2.75, 3.05) is 20.1 Å². The fourth-order valence-corrected chi connectivity index (χ4v) is 3.64. The Labute approximate surface area is 115 Å². The van der Waals surface area contributed by atoms with Crippen LogP contribution in [0.15, 0.2) is 0 Å². The molecule has 0 aromatic carbocycles. The Bertz CT molecular complexity index is 193. The lowest BCUT2D eigenvalue weighted by atomic mass is 9.97. The molecule has 0 spiro atoms. The Kier molecular flexibility index (Phi) is 7.92. The van der Waals surface area contributed by atoms with E-state index in [1.807, 2.05) is 0 Å². The third-order valence-electron chi connectivity index (χ3n) is 4.54. The van der Waals surface area contributed by atoms with Gasteiger partial charge in [-0.2, -0.15) is 0 Å².